The van der Waals surface area contributed by atoms with Crippen molar-refractivity contribution in [2.24, 2.45) is 0 Å². The van der Waals surface area contributed by atoms with E-state index >= 15 is 0 Å². The van der Waals surface area contributed by atoms with E-state index in [0.717, 1.165) is 6.07 Å². The molecule has 0 aliphatic carbocycles. The van der Waals surface area contributed by atoms with Crippen LogP contribution in [0.2, 0.25) is 0 Å². The lowest BCUT2D eigenvalue weighted by molar-refractivity contribution is -0.390. The molecule has 0 aliphatic heterocycles. The lowest BCUT2D eigenvalue weighted by Crippen LogP contribution is -2.03. The summed E-state index contributed by atoms with van der Waals surface area (Å²) in [5.74, 6) is -0.512. The van der Waals surface area contributed by atoms with Crippen molar-refractivity contribution in [3.8, 4) is 0 Å². The first-order chi connectivity index (χ1) is 6.97. The third kappa shape index (κ3) is 2.47. The Morgan fingerprint density at radius 2 is 2.27 bits per heavy atom. The van der Waals surface area contributed by atoms with Gasteiger partial charge in [-0.2, -0.15) is 0 Å². The normalized spacial score (nSPS) is 10.7. The molecule has 0 saturated heterocycles. The molecule has 0 unspecified atom stereocenters. The van der Waals surface area contributed by atoms with Gasteiger partial charge in [0, 0.05) is 17.8 Å². The summed E-state index contributed by atoms with van der Waals surface area (Å²) in [6, 6.07) is 1.16. The highest BCUT2D eigenvalue weighted by atomic mass is 79.9. The van der Waals surface area contributed by atoms with Gasteiger partial charge in [-0.25, -0.2) is 8.78 Å². The Labute approximate surface area is 92.6 Å². The van der Waals surface area contributed by atoms with Gasteiger partial charge in [-0.05, 0) is 16.0 Å². The average Bonchev–Trinajstić information content (AvgIpc) is 2.16. The van der Waals surface area contributed by atoms with Gasteiger partial charge in [-0.1, -0.05) is 15.9 Å². The molecule has 0 bridgehead atoms. The van der Waals surface area contributed by atoms with Crippen molar-refractivity contribution in [1.29, 1.82) is 0 Å². The summed E-state index contributed by atoms with van der Waals surface area (Å²) in [6.45, 7) is 1.44. The molecule has 7 heteroatoms. The number of pyridine rings is 1. The summed E-state index contributed by atoms with van der Waals surface area (Å²) in [6.07, 6.45) is -2.74. The van der Waals surface area contributed by atoms with Gasteiger partial charge >= 0.3 is 5.82 Å². The Balaban J connectivity index is 3.45. The molecular formula is C8H7BrF2N2O2. The Morgan fingerprint density at radius 1 is 1.67 bits per heavy atom. The maximum atomic E-state index is 12.6. The zero-order chi connectivity index (χ0) is 11.6. The van der Waals surface area contributed by atoms with Gasteiger partial charge in [0.2, 0.25) is 0 Å². The van der Waals surface area contributed by atoms with Crippen LogP contribution in [0, 0.1) is 17.0 Å². The summed E-state index contributed by atoms with van der Waals surface area (Å²) in [5, 5.41) is 10.6. The van der Waals surface area contributed by atoms with Crippen molar-refractivity contribution >= 4 is 21.7 Å². The molecule has 0 aromatic carbocycles. The largest absolute Gasteiger partial charge is 0.368 e. The van der Waals surface area contributed by atoms with Gasteiger partial charge in [0.15, 0.2) is 5.69 Å². The molecule has 82 valence electrons. The number of alkyl halides is 3. The number of hydrogen-bond acceptors (Lipinski definition) is 3. The molecule has 1 heterocycles. The number of aryl methyl sites for hydroxylation is 1. The molecule has 1 rings (SSSR count). The number of nitrogens with zero attached hydrogens (tertiary/aromatic N) is 2. The topological polar surface area (TPSA) is 56.0 Å². The lowest BCUT2D eigenvalue weighted by Gasteiger charge is -2.06. The van der Waals surface area contributed by atoms with Crippen LogP contribution in [-0.4, -0.2) is 9.91 Å². The molecule has 0 amide bonds. The van der Waals surface area contributed by atoms with Gasteiger partial charge < -0.3 is 10.1 Å². The van der Waals surface area contributed by atoms with Crippen molar-refractivity contribution in [3.63, 3.8) is 0 Å². The van der Waals surface area contributed by atoms with Crippen molar-refractivity contribution < 1.29 is 13.7 Å². The second kappa shape index (κ2) is 4.61. The highest BCUT2D eigenvalue weighted by Gasteiger charge is 2.24. The fourth-order valence-corrected chi connectivity index (χ4v) is 1.77. The van der Waals surface area contributed by atoms with Crippen molar-refractivity contribution in [3.05, 3.63) is 33.0 Å². The first-order valence-electron chi connectivity index (χ1n) is 3.96. The summed E-state index contributed by atoms with van der Waals surface area (Å²) in [7, 11) is 0. The van der Waals surface area contributed by atoms with Crippen molar-refractivity contribution in [2.75, 3.05) is 0 Å². The molecule has 0 radical (unpaired) electrons. The molecule has 15 heavy (non-hydrogen) atoms. The maximum Gasteiger partial charge on any atom is 0.368 e. The molecular weight excluding hydrogens is 274 g/mol. The molecule has 0 aliphatic rings. The summed E-state index contributed by atoms with van der Waals surface area (Å²) < 4.78 is 25.1. The summed E-state index contributed by atoms with van der Waals surface area (Å²) >= 11 is 2.94. The molecule has 0 fully saturated rings. The number of aromatic nitrogens is 1. The van der Waals surface area contributed by atoms with Crippen LogP contribution in [0.5, 0.6) is 0 Å². The van der Waals surface area contributed by atoms with Crippen molar-refractivity contribution in [1.82, 2.24) is 4.98 Å². The van der Waals surface area contributed by atoms with Crippen LogP contribution >= 0.6 is 15.9 Å². The molecule has 1 aromatic rings. The van der Waals surface area contributed by atoms with E-state index in [0.29, 0.717) is 0 Å². The van der Waals surface area contributed by atoms with Crippen LogP contribution in [0.25, 0.3) is 0 Å². The smallest absolute Gasteiger partial charge is 0.358 e. The monoisotopic (exact) mass is 280 g/mol. The Kier molecular flexibility index (Phi) is 3.67. The standard InChI is InChI=1S/C8H7BrF2N2O2/c1-4-2-5(7(10)11)6(3-9)8(12-4)13(14)15/h2,7H,3H2,1H3. The van der Waals surface area contributed by atoms with E-state index < -0.39 is 17.2 Å². The second-order valence-corrected chi connectivity index (χ2v) is 3.41. The minimum Gasteiger partial charge on any atom is -0.358 e. The van der Waals surface area contributed by atoms with Crippen LogP contribution in [0.1, 0.15) is 23.2 Å². The molecule has 0 atom stereocenters. The molecule has 0 spiro atoms. The summed E-state index contributed by atoms with van der Waals surface area (Å²) in [4.78, 5) is 13.5. The maximum absolute atomic E-state index is 12.6. The van der Waals surface area contributed by atoms with Crippen LogP contribution in [-0.2, 0) is 5.33 Å². The second-order valence-electron chi connectivity index (χ2n) is 2.85. The third-order valence-corrected chi connectivity index (χ3v) is 2.37. The third-order valence-electron chi connectivity index (χ3n) is 1.81. The Morgan fingerprint density at radius 3 is 2.67 bits per heavy atom. The van der Waals surface area contributed by atoms with E-state index in [4.69, 9.17) is 0 Å². The van der Waals surface area contributed by atoms with Gasteiger partial charge in [0.1, 0.15) is 0 Å². The average molecular weight is 281 g/mol. The minimum atomic E-state index is -2.74. The van der Waals surface area contributed by atoms with E-state index in [1.54, 1.807) is 0 Å². The highest BCUT2D eigenvalue weighted by molar-refractivity contribution is 9.08. The highest BCUT2D eigenvalue weighted by Crippen LogP contribution is 2.30. The number of rotatable bonds is 3. The fraction of sp³-hybridized carbons (Fsp3) is 0.375. The fourth-order valence-electron chi connectivity index (χ4n) is 1.19. The van der Waals surface area contributed by atoms with E-state index in [-0.39, 0.29) is 22.2 Å². The molecule has 0 saturated carbocycles. The zero-order valence-corrected chi connectivity index (χ0v) is 9.29. The van der Waals surface area contributed by atoms with E-state index in [2.05, 4.69) is 20.9 Å². The Bertz CT molecular complexity index is 398. The number of nitro groups is 1. The first kappa shape index (κ1) is 12.0. The minimum absolute atomic E-state index is 0.0176. The van der Waals surface area contributed by atoms with Crippen LogP contribution in [0.3, 0.4) is 0 Å². The predicted molar refractivity (Wildman–Crippen MR) is 53.2 cm³/mol. The van der Waals surface area contributed by atoms with Crippen molar-refractivity contribution in [2.45, 2.75) is 18.7 Å². The van der Waals surface area contributed by atoms with Crippen LogP contribution in [0.15, 0.2) is 6.07 Å². The van der Waals surface area contributed by atoms with E-state index in [9.17, 15) is 18.9 Å². The predicted octanol–water partition coefficient (Wildman–Crippen LogP) is 3.13. The quantitative estimate of drug-likeness (QED) is 0.486. The number of halogens is 3. The lowest BCUT2D eigenvalue weighted by atomic mass is 10.1. The molecule has 4 nitrogen and oxygen atoms in total. The van der Waals surface area contributed by atoms with Crippen LogP contribution < -0.4 is 0 Å². The van der Waals surface area contributed by atoms with Gasteiger partial charge in [-0.15, -0.1) is 0 Å². The Hall–Kier alpha value is -1.11. The van der Waals surface area contributed by atoms with Gasteiger partial charge in [-0.3, -0.25) is 0 Å². The van der Waals surface area contributed by atoms with Gasteiger partial charge in [0.25, 0.3) is 6.43 Å². The van der Waals surface area contributed by atoms with Crippen LogP contribution in [0.4, 0.5) is 14.6 Å². The van der Waals surface area contributed by atoms with Gasteiger partial charge in [0.05, 0.1) is 5.56 Å². The van der Waals surface area contributed by atoms with E-state index in [1.165, 1.54) is 6.92 Å². The first-order valence-corrected chi connectivity index (χ1v) is 5.08. The SMILES string of the molecule is Cc1cc(C(F)F)c(CBr)c([N+](=O)[O-])n1. The summed E-state index contributed by atoms with van der Waals surface area (Å²) in [5.41, 5.74) is -0.201. The number of hydrogen-bond donors (Lipinski definition) is 0. The molecule has 0 N–H and O–H groups in total. The zero-order valence-electron chi connectivity index (χ0n) is 7.71. The molecule has 1 aromatic heterocycles. The van der Waals surface area contributed by atoms with E-state index in [1.807, 2.05) is 0 Å².